The number of hydrogen-bond donors (Lipinski definition) is 2. The molecule has 31 heavy (non-hydrogen) atoms. The Hall–Kier alpha value is -3.66. The van der Waals surface area contributed by atoms with Crippen molar-refractivity contribution in [2.24, 2.45) is 0 Å². The number of ether oxygens (including phenoxy) is 1. The first-order valence-corrected chi connectivity index (χ1v) is 10.2. The fraction of sp³-hybridized carbons (Fsp3) is 0.333. The van der Waals surface area contributed by atoms with Crippen molar-refractivity contribution in [2.75, 3.05) is 18.9 Å². The molecule has 0 aliphatic carbocycles. The number of aromatic nitrogens is 7. The fourth-order valence-electron chi connectivity index (χ4n) is 3.78. The molecular weight excluding hydrogens is 396 g/mol. The summed E-state index contributed by atoms with van der Waals surface area (Å²) in [6.07, 6.45) is 5.68. The summed E-state index contributed by atoms with van der Waals surface area (Å²) in [5, 5.41) is 17.7. The van der Waals surface area contributed by atoms with Crippen molar-refractivity contribution in [2.45, 2.75) is 33.0 Å². The molecule has 10 heteroatoms. The molecule has 0 atom stereocenters. The number of nitrogen functional groups attached to an aromatic ring is 1. The second-order valence-electron chi connectivity index (χ2n) is 7.75. The van der Waals surface area contributed by atoms with Crippen molar-refractivity contribution in [3.05, 3.63) is 36.8 Å². The molecule has 1 aromatic carbocycles. The molecule has 1 aliphatic rings. The van der Waals surface area contributed by atoms with E-state index in [0.717, 1.165) is 34.0 Å². The molecule has 0 spiro atoms. The smallest absolute Gasteiger partial charge is 0.240 e. The van der Waals surface area contributed by atoms with Gasteiger partial charge in [-0.05, 0) is 31.5 Å². The van der Waals surface area contributed by atoms with Gasteiger partial charge in [-0.15, -0.1) is 5.10 Å². The lowest BCUT2D eigenvalue weighted by Crippen LogP contribution is -2.06. The van der Waals surface area contributed by atoms with Crippen LogP contribution in [0.2, 0.25) is 0 Å². The van der Waals surface area contributed by atoms with Crippen LogP contribution in [0.1, 0.15) is 19.9 Å². The minimum absolute atomic E-state index is 0.0512. The van der Waals surface area contributed by atoms with Crippen LogP contribution in [0, 0.1) is 0 Å². The fourth-order valence-corrected chi connectivity index (χ4v) is 3.78. The van der Waals surface area contributed by atoms with Crippen LogP contribution in [0.4, 0.5) is 5.95 Å². The summed E-state index contributed by atoms with van der Waals surface area (Å²) in [4.78, 5) is 9.26. The van der Waals surface area contributed by atoms with Crippen LogP contribution >= 0.6 is 0 Å². The van der Waals surface area contributed by atoms with Crippen molar-refractivity contribution >= 4 is 5.95 Å². The van der Waals surface area contributed by atoms with Gasteiger partial charge in [-0.1, -0.05) is 6.07 Å². The van der Waals surface area contributed by atoms with E-state index in [9.17, 15) is 0 Å². The third-order valence-corrected chi connectivity index (χ3v) is 5.25. The Morgan fingerprint density at radius 1 is 1.16 bits per heavy atom. The number of rotatable bonds is 5. The van der Waals surface area contributed by atoms with E-state index in [-0.39, 0.29) is 18.6 Å². The van der Waals surface area contributed by atoms with Crippen LogP contribution in [0.25, 0.3) is 34.0 Å². The summed E-state index contributed by atoms with van der Waals surface area (Å²) >= 11 is 0. The first-order chi connectivity index (χ1) is 15.0. The van der Waals surface area contributed by atoms with Crippen LogP contribution in [-0.4, -0.2) is 52.4 Å². The summed E-state index contributed by atoms with van der Waals surface area (Å²) in [6, 6.07) is 6.17. The van der Waals surface area contributed by atoms with Gasteiger partial charge in [0.05, 0.1) is 31.5 Å². The van der Waals surface area contributed by atoms with E-state index >= 15 is 0 Å². The first kappa shape index (κ1) is 19.3. The number of aliphatic hydroxyl groups is 1. The molecule has 0 saturated carbocycles. The Balaban J connectivity index is 1.55. The second-order valence-corrected chi connectivity index (χ2v) is 7.75. The summed E-state index contributed by atoms with van der Waals surface area (Å²) in [5.41, 5.74) is 9.46. The molecule has 0 radical (unpaired) electrons. The van der Waals surface area contributed by atoms with Gasteiger partial charge in [0.1, 0.15) is 23.9 Å². The monoisotopic (exact) mass is 420 g/mol. The lowest BCUT2D eigenvalue weighted by molar-refractivity contribution is 0.269. The van der Waals surface area contributed by atoms with Gasteiger partial charge in [0.2, 0.25) is 5.95 Å². The topological polar surface area (TPSA) is 122 Å². The molecule has 0 amide bonds. The highest BCUT2D eigenvalue weighted by Gasteiger charge is 2.23. The number of hydrogen-bond acceptors (Lipinski definition) is 7. The van der Waals surface area contributed by atoms with E-state index < -0.39 is 0 Å². The molecule has 4 heterocycles. The van der Waals surface area contributed by atoms with Crippen LogP contribution in [-0.2, 0) is 13.1 Å². The molecular formula is C21H24N8O2. The Kier molecular flexibility index (Phi) is 4.70. The third kappa shape index (κ3) is 3.44. The zero-order chi connectivity index (χ0) is 21.5. The Morgan fingerprint density at radius 2 is 2.03 bits per heavy atom. The van der Waals surface area contributed by atoms with Gasteiger partial charge in [0.15, 0.2) is 5.82 Å². The molecule has 3 N–H and O–H groups in total. The average Bonchev–Trinajstić information content (AvgIpc) is 3.45. The molecule has 0 fully saturated rings. The van der Waals surface area contributed by atoms with Crippen molar-refractivity contribution in [1.29, 1.82) is 0 Å². The lowest BCUT2D eigenvalue weighted by atomic mass is 10.1. The van der Waals surface area contributed by atoms with E-state index in [1.807, 2.05) is 44.4 Å². The molecule has 1 aliphatic heterocycles. The van der Waals surface area contributed by atoms with Crippen LogP contribution in [0.5, 0.6) is 5.75 Å². The molecule has 160 valence electrons. The maximum Gasteiger partial charge on any atom is 0.240 e. The van der Waals surface area contributed by atoms with E-state index in [4.69, 9.17) is 20.6 Å². The second kappa shape index (κ2) is 7.55. The van der Waals surface area contributed by atoms with Gasteiger partial charge in [-0.2, -0.15) is 10.1 Å². The number of benzene rings is 1. The molecule has 4 aromatic rings. The van der Waals surface area contributed by atoms with E-state index in [0.29, 0.717) is 25.5 Å². The number of nitrogens with zero attached hydrogens (tertiary/aromatic N) is 7. The maximum absolute atomic E-state index is 9.11. The minimum Gasteiger partial charge on any atom is -0.491 e. The van der Waals surface area contributed by atoms with Gasteiger partial charge in [-0.25, -0.2) is 9.67 Å². The number of imidazole rings is 1. The predicted molar refractivity (Wildman–Crippen MR) is 115 cm³/mol. The van der Waals surface area contributed by atoms with Crippen molar-refractivity contribution in [3.8, 4) is 39.8 Å². The first-order valence-electron chi connectivity index (χ1n) is 10.2. The highest BCUT2D eigenvalue weighted by atomic mass is 16.5. The quantitative estimate of drug-likeness (QED) is 0.508. The summed E-state index contributed by atoms with van der Waals surface area (Å²) in [5.74, 6) is 2.49. The van der Waals surface area contributed by atoms with E-state index in [1.165, 1.54) is 0 Å². The Labute approximate surface area is 178 Å². The predicted octanol–water partition coefficient (Wildman–Crippen LogP) is 2.22. The van der Waals surface area contributed by atoms with Crippen molar-refractivity contribution in [1.82, 2.24) is 34.1 Å². The summed E-state index contributed by atoms with van der Waals surface area (Å²) < 4.78 is 11.6. The lowest BCUT2D eigenvalue weighted by Gasteiger charge is -2.09. The van der Waals surface area contributed by atoms with E-state index in [1.54, 1.807) is 15.6 Å². The normalized spacial score (nSPS) is 13.0. The highest BCUT2D eigenvalue weighted by molar-refractivity contribution is 5.74. The van der Waals surface area contributed by atoms with Crippen LogP contribution in [0.15, 0.2) is 36.8 Å². The van der Waals surface area contributed by atoms with Crippen LogP contribution in [0.3, 0.4) is 0 Å². The van der Waals surface area contributed by atoms with Gasteiger partial charge in [-0.3, -0.25) is 4.68 Å². The summed E-state index contributed by atoms with van der Waals surface area (Å²) in [7, 11) is 0. The largest absolute Gasteiger partial charge is 0.491 e. The van der Waals surface area contributed by atoms with Gasteiger partial charge in [0.25, 0.3) is 0 Å². The molecule has 0 unspecified atom stereocenters. The number of aliphatic hydroxyl groups excluding tert-OH is 1. The zero-order valence-corrected chi connectivity index (χ0v) is 17.4. The number of anilines is 1. The average molecular weight is 420 g/mol. The SMILES string of the molecule is CC(C)n1nc(N)nc1-c1cn2c(n1)-c1ccc(-c3cnn(CCO)c3)cc1OCC2. The minimum atomic E-state index is 0.0512. The van der Waals surface area contributed by atoms with Gasteiger partial charge >= 0.3 is 0 Å². The Bertz CT molecular complexity index is 1240. The molecule has 0 bridgehead atoms. The maximum atomic E-state index is 9.11. The number of fused-ring (bicyclic) bond motifs is 3. The van der Waals surface area contributed by atoms with Crippen molar-refractivity contribution < 1.29 is 9.84 Å². The highest BCUT2D eigenvalue weighted by Crippen LogP contribution is 2.36. The van der Waals surface area contributed by atoms with Gasteiger partial charge in [0, 0.05) is 24.0 Å². The van der Waals surface area contributed by atoms with Gasteiger partial charge < -0.3 is 20.1 Å². The number of nitrogens with two attached hydrogens (primary N) is 1. The third-order valence-electron chi connectivity index (χ3n) is 5.25. The van der Waals surface area contributed by atoms with E-state index in [2.05, 4.69) is 19.7 Å². The molecule has 10 nitrogen and oxygen atoms in total. The molecule has 0 saturated heterocycles. The zero-order valence-electron chi connectivity index (χ0n) is 17.4. The Morgan fingerprint density at radius 3 is 2.84 bits per heavy atom. The molecule has 5 rings (SSSR count). The van der Waals surface area contributed by atoms with Crippen molar-refractivity contribution in [3.63, 3.8) is 0 Å². The van der Waals surface area contributed by atoms with Crippen LogP contribution < -0.4 is 10.5 Å². The standard InChI is InChI=1S/C21H24N8O2/c1-13(2)29-20(25-21(22)26-29)17-12-27-6-8-31-18-9-14(3-4-16(18)19(27)24-17)15-10-23-28(11-15)5-7-30/h3-4,9-13,30H,5-8H2,1-2H3,(H2,22,26). The summed E-state index contributed by atoms with van der Waals surface area (Å²) in [6.45, 7) is 5.79. The molecule has 3 aromatic heterocycles.